The van der Waals surface area contributed by atoms with Gasteiger partial charge in [0, 0.05) is 16.5 Å². The Hall–Kier alpha value is -4.36. The minimum Gasteiger partial charge on any atom is -0.484 e. The summed E-state index contributed by atoms with van der Waals surface area (Å²) in [4.78, 5) is 55.8. The topological polar surface area (TPSA) is 109 Å². The molecule has 0 saturated carbocycles. The van der Waals surface area contributed by atoms with Gasteiger partial charge in [-0.25, -0.2) is 4.90 Å². The zero-order valence-electron chi connectivity index (χ0n) is 22.3. The van der Waals surface area contributed by atoms with E-state index in [9.17, 15) is 32.3 Å². The Balaban J connectivity index is 1.32. The van der Waals surface area contributed by atoms with E-state index in [4.69, 9.17) is 4.74 Å². The highest BCUT2D eigenvalue weighted by molar-refractivity contribution is 8.00. The molecule has 0 aliphatic carbocycles. The van der Waals surface area contributed by atoms with E-state index < -0.39 is 52.2 Å². The first-order valence-corrected chi connectivity index (χ1v) is 14.7. The molecule has 3 aromatic carbocycles. The Labute approximate surface area is 250 Å². The van der Waals surface area contributed by atoms with Crippen molar-refractivity contribution in [2.45, 2.75) is 29.3 Å². The Kier molecular flexibility index (Phi) is 7.38. The fraction of sp³-hybridized carbons (Fsp3) is 0.200. The van der Waals surface area contributed by atoms with E-state index in [0.29, 0.717) is 31.8 Å². The van der Waals surface area contributed by atoms with E-state index in [-0.39, 0.29) is 11.5 Å². The molecule has 220 valence electrons. The lowest BCUT2D eigenvalue weighted by Gasteiger charge is -2.30. The molecular weight excluding hydrogens is 603 g/mol. The minimum atomic E-state index is -4.79. The third kappa shape index (κ3) is 5.45. The largest absolute Gasteiger partial charge is 0.484 e. The molecular formula is C30H22F3N3O5S2. The average Bonchev–Trinajstić information content (AvgIpc) is 3.45. The third-order valence-corrected chi connectivity index (χ3v) is 9.56. The number of benzene rings is 3. The standard InChI is InChI=1S/C30H22F3N3O5S2/c1-15-6-4-8-17(12-15)34-21(37)14-41-18-9-5-7-16(13-18)22-23-25(42-26-24(22)43-29(40)35-26)28(39)36(27(23)38)20-11-3-2-10-19(20)30(31,32)33/h2-13,22-23,25H,14H2,1H3,(H,34,37)(H,35,40)/t22-,23-,25+/m0/s1. The summed E-state index contributed by atoms with van der Waals surface area (Å²) in [6.07, 6.45) is -4.79. The molecule has 8 nitrogen and oxygen atoms in total. The summed E-state index contributed by atoms with van der Waals surface area (Å²) in [5.41, 5.74) is 0.466. The van der Waals surface area contributed by atoms with Crippen molar-refractivity contribution in [3.05, 3.63) is 104 Å². The highest BCUT2D eigenvalue weighted by Crippen LogP contribution is 2.54. The second-order valence-corrected chi connectivity index (χ2v) is 12.2. The molecule has 13 heteroatoms. The smallest absolute Gasteiger partial charge is 0.418 e. The van der Waals surface area contributed by atoms with Crippen LogP contribution in [0.2, 0.25) is 0 Å². The van der Waals surface area contributed by atoms with Crippen LogP contribution in [0.3, 0.4) is 0 Å². The summed E-state index contributed by atoms with van der Waals surface area (Å²) in [5, 5.41) is 2.07. The molecule has 0 radical (unpaired) electrons. The van der Waals surface area contributed by atoms with Crippen LogP contribution in [0.1, 0.15) is 27.5 Å². The molecule has 3 amide bonds. The van der Waals surface area contributed by atoms with Crippen molar-refractivity contribution in [2.75, 3.05) is 16.8 Å². The number of aromatic amines is 1. The van der Waals surface area contributed by atoms with Crippen molar-refractivity contribution in [3.63, 3.8) is 0 Å². The van der Waals surface area contributed by atoms with Gasteiger partial charge in [0.05, 0.1) is 22.2 Å². The summed E-state index contributed by atoms with van der Waals surface area (Å²) in [5.74, 6) is -3.59. The van der Waals surface area contributed by atoms with Gasteiger partial charge in [-0.2, -0.15) is 13.2 Å². The number of aromatic nitrogens is 1. The maximum atomic E-state index is 13.9. The fourth-order valence-electron chi connectivity index (χ4n) is 5.39. The molecule has 3 atom stereocenters. The first-order chi connectivity index (χ1) is 20.5. The van der Waals surface area contributed by atoms with Crippen molar-refractivity contribution in [2.24, 2.45) is 5.92 Å². The number of anilines is 2. The predicted octanol–water partition coefficient (Wildman–Crippen LogP) is 5.58. The Morgan fingerprint density at radius 2 is 1.77 bits per heavy atom. The molecule has 0 spiro atoms. The quantitative estimate of drug-likeness (QED) is 0.271. The van der Waals surface area contributed by atoms with Gasteiger partial charge < -0.3 is 15.0 Å². The SMILES string of the molecule is Cc1cccc(NC(=O)COc2cccc([C@@H]3c4sc(=O)[nH]c4S[C@H]4C(=O)N(c5ccccc5C(F)(F)F)C(=O)[C@@H]34)c2)c1. The van der Waals surface area contributed by atoms with Gasteiger partial charge >= 0.3 is 11.0 Å². The zero-order valence-corrected chi connectivity index (χ0v) is 23.9. The monoisotopic (exact) mass is 625 g/mol. The molecule has 2 N–H and O–H groups in total. The number of amides is 3. The maximum absolute atomic E-state index is 13.9. The zero-order chi connectivity index (χ0) is 30.5. The highest BCUT2D eigenvalue weighted by atomic mass is 32.2. The van der Waals surface area contributed by atoms with Gasteiger partial charge in [-0.15, -0.1) is 0 Å². The van der Waals surface area contributed by atoms with E-state index >= 15 is 0 Å². The number of hydrogen-bond acceptors (Lipinski definition) is 7. The van der Waals surface area contributed by atoms with E-state index in [1.54, 1.807) is 30.3 Å². The van der Waals surface area contributed by atoms with E-state index in [2.05, 4.69) is 10.3 Å². The van der Waals surface area contributed by atoms with Crippen LogP contribution >= 0.6 is 23.1 Å². The molecule has 0 unspecified atom stereocenters. The van der Waals surface area contributed by atoms with Gasteiger partial charge in [0.1, 0.15) is 11.0 Å². The van der Waals surface area contributed by atoms with Gasteiger partial charge in [0.2, 0.25) is 11.8 Å². The van der Waals surface area contributed by atoms with Crippen LogP contribution in [0.25, 0.3) is 0 Å². The molecule has 0 bridgehead atoms. The Morgan fingerprint density at radius 3 is 2.53 bits per heavy atom. The lowest BCUT2D eigenvalue weighted by molar-refractivity contribution is -0.137. The number of halogens is 3. The number of rotatable bonds is 6. The van der Waals surface area contributed by atoms with Gasteiger partial charge in [-0.3, -0.25) is 19.2 Å². The average molecular weight is 626 g/mol. The number of carbonyl (C=O) groups excluding carboxylic acids is 3. The minimum absolute atomic E-state index is 0.298. The number of aryl methyl sites for hydroxylation is 1. The van der Waals surface area contributed by atoms with Crippen molar-refractivity contribution in [1.82, 2.24) is 4.98 Å². The molecule has 3 heterocycles. The number of thioether (sulfide) groups is 1. The Bertz CT molecular complexity index is 1820. The molecule has 1 fully saturated rings. The summed E-state index contributed by atoms with van der Waals surface area (Å²) in [7, 11) is 0. The van der Waals surface area contributed by atoms with Crippen LogP contribution in [-0.4, -0.2) is 34.6 Å². The van der Waals surface area contributed by atoms with E-state index in [0.717, 1.165) is 40.8 Å². The van der Waals surface area contributed by atoms with Crippen molar-refractivity contribution in [1.29, 1.82) is 0 Å². The number of nitrogens with one attached hydrogen (secondary N) is 2. The summed E-state index contributed by atoms with van der Waals surface area (Å²) in [6, 6.07) is 18.3. The first-order valence-electron chi connectivity index (χ1n) is 13.0. The number of H-pyrrole nitrogens is 1. The van der Waals surface area contributed by atoms with Gasteiger partial charge in [0.15, 0.2) is 6.61 Å². The first kappa shape index (κ1) is 28.7. The number of fused-ring (bicyclic) bond motifs is 2. The lowest BCUT2D eigenvalue weighted by Crippen LogP contribution is -2.33. The number of para-hydroxylation sites is 1. The van der Waals surface area contributed by atoms with Gasteiger partial charge in [-0.05, 0) is 54.4 Å². The second-order valence-electron chi connectivity index (χ2n) is 10.1. The lowest BCUT2D eigenvalue weighted by atomic mass is 9.83. The molecule has 2 aliphatic rings. The van der Waals surface area contributed by atoms with Crippen LogP contribution in [0.4, 0.5) is 24.5 Å². The molecule has 2 aliphatic heterocycles. The van der Waals surface area contributed by atoms with Gasteiger partial charge in [-0.1, -0.05) is 59.5 Å². The van der Waals surface area contributed by atoms with Crippen molar-refractivity contribution in [3.8, 4) is 5.75 Å². The molecule has 6 rings (SSSR count). The van der Waals surface area contributed by atoms with Crippen LogP contribution in [0, 0.1) is 12.8 Å². The molecule has 4 aromatic rings. The maximum Gasteiger partial charge on any atom is 0.418 e. The van der Waals surface area contributed by atoms with Crippen LogP contribution in [-0.2, 0) is 20.6 Å². The molecule has 1 aromatic heterocycles. The second kappa shape index (κ2) is 11.0. The predicted molar refractivity (Wildman–Crippen MR) is 156 cm³/mol. The number of imide groups is 1. The van der Waals surface area contributed by atoms with E-state index in [1.807, 2.05) is 25.1 Å². The fourth-order valence-corrected chi connectivity index (χ4v) is 7.90. The summed E-state index contributed by atoms with van der Waals surface area (Å²) in [6.45, 7) is 1.58. The number of hydrogen-bond donors (Lipinski definition) is 2. The number of alkyl halides is 3. The highest BCUT2D eigenvalue weighted by Gasteiger charge is 2.57. The molecule has 1 saturated heterocycles. The van der Waals surface area contributed by atoms with Gasteiger partial charge in [0.25, 0.3) is 5.91 Å². The van der Waals surface area contributed by atoms with Crippen LogP contribution in [0.5, 0.6) is 5.75 Å². The Morgan fingerprint density at radius 1 is 1.00 bits per heavy atom. The van der Waals surface area contributed by atoms with Crippen LogP contribution in [0.15, 0.2) is 82.6 Å². The summed E-state index contributed by atoms with van der Waals surface area (Å²) < 4.78 is 47.3. The third-order valence-electron chi connectivity index (χ3n) is 7.16. The number of thiazole rings is 1. The van der Waals surface area contributed by atoms with E-state index in [1.165, 1.54) is 12.1 Å². The van der Waals surface area contributed by atoms with Crippen molar-refractivity contribution >= 4 is 52.2 Å². The normalized spacial score (nSPS) is 19.6. The van der Waals surface area contributed by atoms with Crippen molar-refractivity contribution < 1.29 is 32.3 Å². The number of ether oxygens (including phenoxy) is 1. The molecule has 43 heavy (non-hydrogen) atoms. The van der Waals surface area contributed by atoms with Crippen LogP contribution < -0.4 is 19.8 Å². The number of carbonyl (C=O) groups is 3. The number of nitrogens with zero attached hydrogens (tertiary/aromatic N) is 1. The summed E-state index contributed by atoms with van der Waals surface area (Å²) >= 11 is 1.85.